The number of alkyl halides is 2. The lowest BCUT2D eigenvalue weighted by molar-refractivity contribution is -0.0521. The van der Waals surface area contributed by atoms with Gasteiger partial charge in [-0.1, -0.05) is 46.9 Å². The zero-order chi connectivity index (χ0) is 14.9. The van der Waals surface area contributed by atoms with Gasteiger partial charge in [-0.15, -0.1) is 0 Å². The van der Waals surface area contributed by atoms with Crippen molar-refractivity contribution in [2.45, 2.75) is 6.61 Å². The molecule has 0 unspecified atom stereocenters. The van der Waals surface area contributed by atoms with E-state index in [1.165, 1.54) is 12.1 Å². The van der Waals surface area contributed by atoms with E-state index < -0.39 is 18.2 Å². The normalized spacial score (nSPS) is 10.9. The summed E-state index contributed by atoms with van der Waals surface area (Å²) in [5.41, 5.74) is 0.802. The van der Waals surface area contributed by atoms with E-state index in [1.807, 2.05) is 0 Å². The Morgan fingerprint density at radius 1 is 0.950 bits per heavy atom. The van der Waals surface area contributed by atoms with Gasteiger partial charge in [-0.2, -0.15) is 8.78 Å². The fourth-order valence-electron chi connectivity index (χ4n) is 1.61. The smallest absolute Gasteiger partial charge is 0.387 e. The van der Waals surface area contributed by atoms with Crippen molar-refractivity contribution in [3.05, 3.63) is 51.2 Å². The van der Waals surface area contributed by atoms with Gasteiger partial charge in [0.15, 0.2) is 11.6 Å². The molecule has 0 bridgehead atoms. The van der Waals surface area contributed by atoms with Gasteiger partial charge >= 0.3 is 6.61 Å². The molecule has 0 aliphatic rings. The molecular formula is C13H6Cl3F3O. The first-order valence-electron chi connectivity index (χ1n) is 5.28. The van der Waals surface area contributed by atoms with E-state index >= 15 is 0 Å². The Balaban J connectivity index is 2.44. The highest BCUT2D eigenvalue weighted by atomic mass is 35.5. The lowest BCUT2D eigenvalue weighted by Crippen LogP contribution is -2.03. The Morgan fingerprint density at radius 2 is 1.65 bits per heavy atom. The fourth-order valence-corrected chi connectivity index (χ4v) is 2.25. The zero-order valence-corrected chi connectivity index (χ0v) is 11.9. The average Bonchev–Trinajstić information content (AvgIpc) is 2.38. The Hall–Kier alpha value is -1.10. The maximum absolute atomic E-state index is 13.6. The highest BCUT2D eigenvalue weighted by molar-refractivity contribution is 6.49. The van der Waals surface area contributed by atoms with Gasteiger partial charge in [0, 0.05) is 5.56 Å². The van der Waals surface area contributed by atoms with Crippen molar-refractivity contribution in [3.63, 3.8) is 0 Å². The highest BCUT2D eigenvalue weighted by Gasteiger charge is 2.14. The second kappa shape index (κ2) is 6.12. The lowest BCUT2D eigenvalue weighted by Gasteiger charge is -2.10. The maximum Gasteiger partial charge on any atom is 0.387 e. The minimum absolute atomic E-state index is 0.138. The quantitative estimate of drug-likeness (QED) is 0.617. The molecule has 0 saturated carbocycles. The van der Waals surface area contributed by atoms with Crippen LogP contribution in [0.3, 0.4) is 0 Å². The number of hydrogen-bond donors (Lipinski definition) is 0. The van der Waals surface area contributed by atoms with Crippen molar-refractivity contribution in [1.82, 2.24) is 0 Å². The van der Waals surface area contributed by atoms with Crippen molar-refractivity contribution >= 4 is 34.8 Å². The Bertz CT molecular complexity index is 647. The van der Waals surface area contributed by atoms with Gasteiger partial charge in [0.05, 0.1) is 15.1 Å². The lowest BCUT2D eigenvalue weighted by atomic mass is 10.1. The number of halogens is 6. The van der Waals surface area contributed by atoms with Crippen LogP contribution in [0.25, 0.3) is 11.1 Å². The summed E-state index contributed by atoms with van der Waals surface area (Å²) in [5, 5.41) is 0.554. The summed E-state index contributed by atoms with van der Waals surface area (Å²) in [6, 6.07) is 6.58. The third kappa shape index (κ3) is 3.14. The standard InChI is InChI=1S/C13H6Cl3F3O/c14-8-3-2-7(11(15)12(8)16)6-1-4-10(9(17)5-6)20-13(18)19/h1-5,13H. The number of rotatable bonds is 3. The predicted octanol–water partition coefficient (Wildman–Crippen LogP) is 6.05. The van der Waals surface area contributed by atoms with Crippen LogP contribution in [0, 0.1) is 5.82 Å². The van der Waals surface area contributed by atoms with Gasteiger partial charge in [0.1, 0.15) is 0 Å². The van der Waals surface area contributed by atoms with E-state index in [-0.39, 0.29) is 15.1 Å². The predicted molar refractivity (Wildman–Crippen MR) is 73.5 cm³/mol. The second-order valence-corrected chi connectivity index (χ2v) is 4.91. The molecule has 0 aliphatic heterocycles. The Morgan fingerprint density at radius 3 is 2.25 bits per heavy atom. The van der Waals surface area contributed by atoms with Crippen molar-refractivity contribution in [3.8, 4) is 16.9 Å². The summed E-state index contributed by atoms with van der Waals surface area (Å²) in [7, 11) is 0. The Labute approximate surface area is 127 Å². The molecule has 0 heterocycles. The molecule has 0 aliphatic carbocycles. The van der Waals surface area contributed by atoms with Crippen molar-refractivity contribution in [2.24, 2.45) is 0 Å². The van der Waals surface area contributed by atoms with E-state index in [2.05, 4.69) is 4.74 Å². The van der Waals surface area contributed by atoms with Crippen LogP contribution in [0.2, 0.25) is 15.1 Å². The average molecular weight is 342 g/mol. The molecule has 106 valence electrons. The van der Waals surface area contributed by atoms with Crippen LogP contribution in [0.1, 0.15) is 0 Å². The first-order valence-corrected chi connectivity index (χ1v) is 6.41. The van der Waals surface area contributed by atoms with Crippen molar-refractivity contribution < 1.29 is 17.9 Å². The van der Waals surface area contributed by atoms with Gasteiger partial charge < -0.3 is 4.74 Å². The monoisotopic (exact) mass is 340 g/mol. The van der Waals surface area contributed by atoms with Crippen molar-refractivity contribution in [2.75, 3.05) is 0 Å². The van der Waals surface area contributed by atoms with Crippen molar-refractivity contribution in [1.29, 1.82) is 0 Å². The topological polar surface area (TPSA) is 9.23 Å². The fraction of sp³-hybridized carbons (Fsp3) is 0.0769. The van der Waals surface area contributed by atoms with Gasteiger partial charge in [0.2, 0.25) is 0 Å². The van der Waals surface area contributed by atoms with Crippen LogP contribution in [0.5, 0.6) is 5.75 Å². The molecule has 0 spiro atoms. The first kappa shape index (κ1) is 15.3. The minimum atomic E-state index is -3.09. The van der Waals surface area contributed by atoms with E-state index in [9.17, 15) is 13.2 Å². The molecule has 2 aromatic rings. The summed E-state index contributed by atoms with van der Waals surface area (Å²) in [5.74, 6) is -1.47. The maximum atomic E-state index is 13.6. The molecule has 0 saturated heterocycles. The molecular weight excluding hydrogens is 335 g/mol. The minimum Gasteiger partial charge on any atom is -0.432 e. The molecule has 20 heavy (non-hydrogen) atoms. The van der Waals surface area contributed by atoms with E-state index in [0.717, 1.165) is 12.1 Å². The summed E-state index contributed by atoms with van der Waals surface area (Å²) >= 11 is 17.7. The first-order chi connectivity index (χ1) is 9.40. The molecule has 2 aromatic carbocycles. The van der Waals surface area contributed by atoms with Gasteiger partial charge in [-0.25, -0.2) is 4.39 Å². The van der Waals surface area contributed by atoms with Crippen LogP contribution in [0.4, 0.5) is 13.2 Å². The van der Waals surface area contributed by atoms with Gasteiger partial charge in [0.25, 0.3) is 0 Å². The highest BCUT2D eigenvalue weighted by Crippen LogP contribution is 2.38. The molecule has 0 atom stereocenters. The van der Waals surface area contributed by atoms with Gasteiger partial charge in [-0.05, 0) is 23.8 Å². The summed E-state index contributed by atoms with van der Waals surface area (Å²) < 4.78 is 41.8. The second-order valence-electron chi connectivity index (χ2n) is 3.75. The summed E-state index contributed by atoms with van der Waals surface area (Å²) in [6.07, 6.45) is 0. The summed E-state index contributed by atoms with van der Waals surface area (Å²) in [4.78, 5) is 0. The molecule has 1 nitrogen and oxygen atoms in total. The van der Waals surface area contributed by atoms with Crippen LogP contribution < -0.4 is 4.74 Å². The number of ether oxygens (including phenoxy) is 1. The SMILES string of the molecule is Fc1cc(-c2ccc(Cl)c(Cl)c2Cl)ccc1OC(F)F. The van der Waals surface area contributed by atoms with E-state index in [0.29, 0.717) is 11.1 Å². The molecule has 0 N–H and O–H groups in total. The molecule has 2 rings (SSSR count). The summed E-state index contributed by atoms with van der Waals surface area (Å²) in [6.45, 7) is -3.09. The molecule has 7 heteroatoms. The largest absolute Gasteiger partial charge is 0.432 e. The number of benzene rings is 2. The zero-order valence-electron chi connectivity index (χ0n) is 9.64. The van der Waals surface area contributed by atoms with Crippen LogP contribution >= 0.6 is 34.8 Å². The molecule has 0 amide bonds. The van der Waals surface area contributed by atoms with Crippen LogP contribution in [-0.4, -0.2) is 6.61 Å². The molecule has 0 radical (unpaired) electrons. The molecule has 0 fully saturated rings. The third-order valence-corrected chi connectivity index (χ3v) is 3.79. The molecule has 0 aromatic heterocycles. The Kier molecular flexibility index (Phi) is 4.68. The number of hydrogen-bond acceptors (Lipinski definition) is 1. The van der Waals surface area contributed by atoms with E-state index in [1.54, 1.807) is 6.07 Å². The van der Waals surface area contributed by atoms with Gasteiger partial charge in [-0.3, -0.25) is 0 Å². The van der Waals surface area contributed by atoms with E-state index in [4.69, 9.17) is 34.8 Å². The third-order valence-electron chi connectivity index (χ3n) is 2.49. The van der Waals surface area contributed by atoms with Crippen LogP contribution in [-0.2, 0) is 0 Å². The van der Waals surface area contributed by atoms with Crippen LogP contribution in [0.15, 0.2) is 30.3 Å².